The molecule has 1 N–H and O–H groups in total. The minimum Gasteiger partial charge on any atom is -0.354 e. The minimum atomic E-state index is -3.71. The summed E-state index contributed by atoms with van der Waals surface area (Å²) in [5.74, 6) is -0.666. The van der Waals surface area contributed by atoms with Crippen molar-refractivity contribution in [1.29, 1.82) is 0 Å². The van der Waals surface area contributed by atoms with E-state index in [-0.39, 0.29) is 19.0 Å². The molecular formula is C24H33N3O4S. The zero-order valence-electron chi connectivity index (χ0n) is 19.2. The van der Waals surface area contributed by atoms with E-state index < -0.39 is 22.0 Å². The predicted molar refractivity (Wildman–Crippen MR) is 128 cm³/mol. The first-order valence-corrected chi connectivity index (χ1v) is 12.7. The second-order valence-corrected chi connectivity index (χ2v) is 9.74. The van der Waals surface area contributed by atoms with Crippen molar-refractivity contribution in [2.75, 3.05) is 23.7 Å². The zero-order valence-corrected chi connectivity index (χ0v) is 20.1. The van der Waals surface area contributed by atoms with Gasteiger partial charge in [0, 0.05) is 13.1 Å². The summed E-state index contributed by atoms with van der Waals surface area (Å²) in [5, 5.41) is 2.87. The third-order valence-corrected chi connectivity index (χ3v) is 6.23. The Labute approximate surface area is 191 Å². The van der Waals surface area contributed by atoms with Gasteiger partial charge in [-0.3, -0.25) is 13.9 Å². The molecule has 32 heavy (non-hydrogen) atoms. The molecule has 0 radical (unpaired) electrons. The third kappa shape index (κ3) is 7.09. The lowest BCUT2D eigenvalue weighted by Crippen LogP contribution is -2.52. The molecule has 2 aromatic carbocycles. The Morgan fingerprint density at radius 2 is 1.72 bits per heavy atom. The number of benzene rings is 2. The standard InChI is InChI=1S/C24H33N3O4S/c1-5-15-25-24(29)22(6-2)26(17-20-12-10-11-19(3)16-20)23(28)18-27(32(4,30)31)21-13-8-7-9-14-21/h7-14,16,22H,5-6,15,17-18H2,1-4H3,(H,25,29)/t22-/m0/s1. The van der Waals surface area contributed by atoms with Crippen LogP contribution in [0.15, 0.2) is 54.6 Å². The summed E-state index contributed by atoms with van der Waals surface area (Å²) >= 11 is 0. The van der Waals surface area contributed by atoms with E-state index in [1.807, 2.05) is 45.0 Å². The van der Waals surface area contributed by atoms with E-state index in [9.17, 15) is 18.0 Å². The van der Waals surface area contributed by atoms with Crippen LogP contribution in [0, 0.1) is 6.92 Å². The maximum atomic E-state index is 13.5. The normalized spacial score (nSPS) is 12.1. The highest BCUT2D eigenvalue weighted by molar-refractivity contribution is 7.92. The highest BCUT2D eigenvalue weighted by atomic mass is 32.2. The summed E-state index contributed by atoms with van der Waals surface area (Å²) in [7, 11) is -3.71. The second-order valence-electron chi connectivity index (χ2n) is 7.83. The summed E-state index contributed by atoms with van der Waals surface area (Å²) in [5.41, 5.74) is 2.33. The van der Waals surface area contributed by atoms with Gasteiger partial charge in [0.2, 0.25) is 21.8 Å². The van der Waals surface area contributed by atoms with Gasteiger partial charge in [0.05, 0.1) is 11.9 Å². The molecule has 8 heteroatoms. The lowest BCUT2D eigenvalue weighted by Gasteiger charge is -2.33. The van der Waals surface area contributed by atoms with E-state index in [0.717, 1.165) is 28.1 Å². The highest BCUT2D eigenvalue weighted by Crippen LogP contribution is 2.19. The van der Waals surface area contributed by atoms with Crippen LogP contribution in [0.5, 0.6) is 0 Å². The lowest BCUT2D eigenvalue weighted by molar-refractivity contribution is -0.140. The van der Waals surface area contributed by atoms with E-state index in [1.165, 1.54) is 4.90 Å². The van der Waals surface area contributed by atoms with Crippen molar-refractivity contribution in [3.8, 4) is 0 Å². The third-order valence-electron chi connectivity index (χ3n) is 5.09. The molecule has 0 saturated carbocycles. The van der Waals surface area contributed by atoms with Gasteiger partial charge in [-0.2, -0.15) is 0 Å². The quantitative estimate of drug-likeness (QED) is 0.559. The first-order chi connectivity index (χ1) is 15.2. The van der Waals surface area contributed by atoms with Gasteiger partial charge in [0.25, 0.3) is 0 Å². The van der Waals surface area contributed by atoms with E-state index >= 15 is 0 Å². The summed E-state index contributed by atoms with van der Waals surface area (Å²) < 4.78 is 26.0. The van der Waals surface area contributed by atoms with Crippen molar-refractivity contribution in [1.82, 2.24) is 10.2 Å². The smallest absolute Gasteiger partial charge is 0.244 e. The molecule has 0 fully saturated rings. The number of para-hydroxylation sites is 1. The van der Waals surface area contributed by atoms with Crippen LogP contribution < -0.4 is 9.62 Å². The number of sulfonamides is 1. The summed E-state index contributed by atoms with van der Waals surface area (Å²) in [4.78, 5) is 27.8. The molecule has 0 spiro atoms. The van der Waals surface area contributed by atoms with Crippen LogP contribution in [0.3, 0.4) is 0 Å². The summed E-state index contributed by atoms with van der Waals surface area (Å²) in [6.07, 6.45) is 2.27. The molecule has 2 amide bonds. The fourth-order valence-electron chi connectivity index (χ4n) is 3.50. The van der Waals surface area contributed by atoms with Gasteiger partial charge in [0.15, 0.2) is 0 Å². The summed E-state index contributed by atoms with van der Waals surface area (Å²) in [6, 6.07) is 15.5. The van der Waals surface area contributed by atoms with E-state index in [4.69, 9.17) is 0 Å². The molecule has 2 aromatic rings. The highest BCUT2D eigenvalue weighted by Gasteiger charge is 2.31. The van der Waals surface area contributed by atoms with Gasteiger partial charge >= 0.3 is 0 Å². The number of amides is 2. The average Bonchev–Trinajstić information content (AvgIpc) is 2.75. The number of carbonyl (C=O) groups is 2. The van der Waals surface area contributed by atoms with E-state index in [2.05, 4.69) is 5.32 Å². The van der Waals surface area contributed by atoms with Crippen molar-refractivity contribution >= 4 is 27.5 Å². The van der Waals surface area contributed by atoms with Crippen molar-refractivity contribution < 1.29 is 18.0 Å². The molecular weight excluding hydrogens is 426 g/mol. The molecule has 0 saturated heterocycles. The van der Waals surface area contributed by atoms with Crippen LogP contribution in [0.1, 0.15) is 37.8 Å². The van der Waals surface area contributed by atoms with Crippen LogP contribution >= 0.6 is 0 Å². The number of anilines is 1. The lowest BCUT2D eigenvalue weighted by atomic mass is 10.1. The Bertz CT molecular complexity index is 1010. The van der Waals surface area contributed by atoms with Crippen LogP contribution in [-0.4, -0.2) is 50.5 Å². The van der Waals surface area contributed by atoms with Gasteiger partial charge in [-0.25, -0.2) is 8.42 Å². The minimum absolute atomic E-state index is 0.213. The molecule has 2 rings (SSSR count). The number of carbonyl (C=O) groups excluding carboxylic acids is 2. The van der Waals surface area contributed by atoms with Crippen LogP contribution in [-0.2, 0) is 26.2 Å². The van der Waals surface area contributed by atoms with Gasteiger partial charge in [0.1, 0.15) is 12.6 Å². The van der Waals surface area contributed by atoms with Crippen molar-refractivity contribution in [2.45, 2.75) is 46.2 Å². The van der Waals surface area contributed by atoms with Crippen molar-refractivity contribution in [2.24, 2.45) is 0 Å². The summed E-state index contributed by atoms with van der Waals surface area (Å²) in [6.45, 7) is 6.11. The molecule has 7 nitrogen and oxygen atoms in total. The fraction of sp³-hybridized carbons (Fsp3) is 0.417. The maximum absolute atomic E-state index is 13.5. The molecule has 0 unspecified atom stereocenters. The second kappa shape index (κ2) is 11.7. The molecule has 0 aliphatic rings. The Kier molecular flexibility index (Phi) is 9.26. The molecule has 0 aromatic heterocycles. The number of nitrogens with one attached hydrogen (secondary N) is 1. The molecule has 0 bridgehead atoms. The van der Waals surface area contributed by atoms with E-state index in [1.54, 1.807) is 30.3 Å². The van der Waals surface area contributed by atoms with E-state index in [0.29, 0.717) is 18.7 Å². The monoisotopic (exact) mass is 459 g/mol. The maximum Gasteiger partial charge on any atom is 0.244 e. The Balaban J connectivity index is 2.39. The molecule has 0 heterocycles. The Hall–Kier alpha value is -2.87. The molecule has 1 atom stereocenters. The predicted octanol–water partition coefficient (Wildman–Crippen LogP) is 3.09. The Morgan fingerprint density at radius 3 is 2.28 bits per heavy atom. The largest absolute Gasteiger partial charge is 0.354 e. The molecule has 0 aliphatic carbocycles. The van der Waals surface area contributed by atoms with Crippen LogP contribution in [0.4, 0.5) is 5.69 Å². The average molecular weight is 460 g/mol. The molecule has 0 aliphatic heterocycles. The number of aryl methyl sites for hydroxylation is 1. The van der Waals surface area contributed by atoms with Gasteiger partial charge < -0.3 is 10.2 Å². The van der Waals surface area contributed by atoms with Gasteiger partial charge in [-0.05, 0) is 37.5 Å². The van der Waals surface area contributed by atoms with Crippen LogP contribution in [0.2, 0.25) is 0 Å². The number of hydrogen-bond donors (Lipinski definition) is 1. The first-order valence-electron chi connectivity index (χ1n) is 10.8. The topological polar surface area (TPSA) is 86.8 Å². The number of hydrogen-bond acceptors (Lipinski definition) is 4. The SMILES string of the molecule is CCCNC(=O)[C@H](CC)N(Cc1cccc(C)c1)C(=O)CN(c1ccccc1)S(C)(=O)=O. The van der Waals surface area contributed by atoms with Crippen molar-refractivity contribution in [3.63, 3.8) is 0 Å². The van der Waals surface area contributed by atoms with Crippen molar-refractivity contribution in [3.05, 3.63) is 65.7 Å². The fourth-order valence-corrected chi connectivity index (χ4v) is 4.35. The zero-order chi connectivity index (χ0) is 23.7. The van der Waals surface area contributed by atoms with Gasteiger partial charge in [-0.15, -0.1) is 0 Å². The first kappa shape index (κ1) is 25.4. The number of nitrogens with zero attached hydrogens (tertiary/aromatic N) is 2. The van der Waals surface area contributed by atoms with Gasteiger partial charge in [-0.1, -0.05) is 61.9 Å². The number of rotatable bonds is 11. The Morgan fingerprint density at radius 1 is 1.03 bits per heavy atom. The molecule has 174 valence electrons. The van der Waals surface area contributed by atoms with Crippen LogP contribution in [0.25, 0.3) is 0 Å².